The summed E-state index contributed by atoms with van der Waals surface area (Å²) in [5.41, 5.74) is 2.60. The number of aromatic nitrogens is 2. The number of hydrogen-bond acceptors (Lipinski definition) is 3. The lowest BCUT2D eigenvalue weighted by molar-refractivity contribution is 0.0821. The Hall–Kier alpha value is -2.14. The van der Waals surface area contributed by atoms with Crippen LogP contribution in [0.2, 0.25) is 0 Å². The second-order valence-electron chi connectivity index (χ2n) is 4.80. The fraction of sp³-hybridized carbons (Fsp3) is 0.333. The first kappa shape index (κ1) is 14.3. The number of nitrogens with one attached hydrogen (secondary N) is 1. The summed E-state index contributed by atoms with van der Waals surface area (Å²) in [6, 6.07) is 9.85. The van der Waals surface area contributed by atoms with E-state index in [1.54, 1.807) is 24.8 Å². The summed E-state index contributed by atoms with van der Waals surface area (Å²) in [4.78, 5) is 13.4. The predicted molar refractivity (Wildman–Crippen MR) is 79.0 cm³/mol. The highest BCUT2D eigenvalue weighted by Crippen LogP contribution is 2.11. The van der Waals surface area contributed by atoms with Gasteiger partial charge in [-0.25, -0.2) is 4.68 Å². The van der Waals surface area contributed by atoms with Crippen molar-refractivity contribution in [2.24, 2.45) is 0 Å². The molecule has 0 radical (unpaired) electrons. The zero-order chi connectivity index (χ0) is 14.5. The Morgan fingerprint density at radius 3 is 2.85 bits per heavy atom. The molecule has 1 heterocycles. The molecule has 1 amide bonds. The average Bonchev–Trinajstić information content (AvgIpc) is 2.94. The van der Waals surface area contributed by atoms with Gasteiger partial charge in [-0.3, -0.25) is 4.79 Å². The summed E-state index contributed by atoms with van der Waals surface area (Å²) in [5, 5.41) is 7.62. The first-order valence-corrected chi connectivity index (χ1v) is 6.69. The normalized spacial score (nSPS) is 10.6. The molecule has 0 atom stereocenters. The van der Waals surface area contributed by atoms with Crippen molar-refractivity contribution in [1.82, 2.24) is 20.0 Å². The van der Waals surface area contributed by atoms with Gasteiger partial charge in [-0.15, -0.1) is 0 Å². The van der Waals surface area contributed by atoms with Gasteiger partial charge in [0, 0.05) is 26.8 Å². The zero-order valence-electron chi connectivity index (χ0n) is 12.1. The average molecular weight is 272 g/mol. The fourth-order valence-corrected chi connectivity index (χ4v) is 1.89. The molecular weight excluding hydrogens is 252 g/mol. The number of rotatable bonds is 5. The van der Waals surface area contributed by atoms with Crippen molar-refractivity contribution in [1.29, 1.82) is 0 Å². The molecule has 2 aromatic rings. The van der Waals surface area contributed by atoms with Gasteiger partial charge >= 0.3 is 0 Å². The minimum absolute atomic E-state index is 0.0902. The van der Waals surface area contributed by atoms with E-state index in [0.29, 0.717) is 5.69 Å². The molecule has 0 unspecified atom stereocenters. The van der Waals surface area contributed by atoms with Gasteiger partial charge < -0.3 is 10.2 Å². The van der Waals surface area contributed by atoms with E-state index in [1.165, 1.54) is 10.5 Å². The van der Waals surface area contributed by atoms with Gasteiger partial charge in [0.2, 0.25) is 0 Å². The molecule has 0 spiro atoms. The van der Waals surface area contributed by atoms with Crippen molar-refractivity contribution < 1.29 is 4.79 Å². The largest absolute Gasteiger partial charge is 0.343 e. The second-order valence-corrected chi connectivity index (χ2v) is 4.80. The highest BCUT2D eigenvalue weighted by Gasteiger charge is 2.11. The topological polar surface area (TPSA) is 50.2 Å². The van der Waals surface area contributed by atoms with E-state index in [-0.39, 0.29) is 5.91 Å². The molecule has 0 aliphatic heterocycles. The van der Waals surface area contributed by atoms with Gasteiger partial charge in [0.25, 0.3) is 5.91 Å². The van der Waals surface area contributed by atoms with Gasteiger partial charge in [-0.1, -0.05) is 19.1 Å². The number of carbonyl (C=O) groups is 1. The first-order chi connectivity index (χ1) is 9.61. The van der Waals surface area contributed by atoms with Crippen LogP contribution >= 0.6 is 0 Å². The van der Waals surface area contributed by atoms with Crippen LogP contribution in [0, 0.1) is 0 Å². The van der Waals surface area contributed by atoms with E-state index in [4.69, 9.17) is 0 Å². The number of amides is 1. The van der Waals surface area contributed by atoms with Crippen LogP contribution < -0.4 is 5.32 Å². The monoisotopic (exact) mass is 272 g/mol. The van der Waals surface area contributed by atoms with Crippen molar-refractivity contribution in [3.05, 3.63) is 47.8 Å². The molecule has 0 saturated carbocycles. The van der Waals surface area contributed by atoms with Gasteiger partial charge in [-0.2, -0.15) is 5.10 Å². The van der Waals surface area contributed by atoms with Gasteiger partial charge in [-0.05, 0) is 30.3 Å². The minimum atomic E-state index is -0.0902. The van der Waals surface area contributed by atoms with Crippen LogP contribution in [0.4, 0.5) is 0 Å². The molecule has 5 heteroatoms. The van der Waals surface area contributed by atoms with E-state index in [0.717, 1.165) is 18.8 Å². The molecule has 5 nitrogen and oxygen atoms in total. The summed E-state index contributed by atoms with van der Waals surface area (Å²) in [5.74, 6) is -0.0902. The molecule has 0 bridgehead atoms. The summed E-state index contributed by atoms with van der Waals surface area (Å²) in [6.45, 7) is 3.85. The van der Waals surface area contributed by atoms with Crippen LogP contribution in [0.25, 0.3) is 5.69 Å². The Kier molecular flexibility index (Phi) is 4.53. The second kappa shape index (κ2) is 6.34. The van der Waals surface area contributed by atoms with Crippen molar-refractivity contribution in [3.63, 3.8) is 0 Å². The van der Waals surface area contributed by atoms with Crippen LogP contribution in [0.3, 0.4) is 0 Å². The lowest BCUT2D eigenvalue weighted by Gasteiger charge is -2.08. The number of nitrogens with zero attached hydrogens (tertiary/aromatic N) is 3. The molecule has 0 saturated heterocycles. The molecule has 1 aromatic heterocycles. The maximum Gasteiger partial charge on any atom is 0.273 e. The molecule has 20 heavy (non-hydrogen) atoms. The Morgan fingerprint density at radius 1 is 1.35 bits per heavy atom. The third kappa shape index (κ3) is 3.24. The maximum absolute atomic E-state index is 11.8. The summed E-state index contributed by atoms with van der Waals surface area (Å²) < 4.78 is 1.73. The Labute approximate surface area is 119 Å². The van der Waals surface area contributed by atoms with E-state index >= 15 is 0 Å². The molecule has 0 fully saturated rings. The van der Waals surface area contributed by atoms with Crippen molar-refractivity contribution in [3.8, 4) is 5.69 Å². The molecule has 106 valence electrons. The Bertz CT molecular complexity index is 589. The number of benzene rings is 1. The van der Waals surface area contributed by atoms with Crippen molar-refractivity contribution in [2.45, 2.75) is 13.5 Å². The van der Waals surface area contributed by atoms with Crippen LogP contribution in [-0.4, -0.2) is 41.2 Å². The molecule has 0 aliphatic carbocycles. The third-order valence-corrected chi connectivity index (χ3v) is 2.97. The maximum atomic E-state index is 11.8. The van der Waals surface area contributed by atoms with Gasteiger partial charge in [0.05, 0.1) is 5.69 Å². The highest BCUT2D eigenvalue weighted by atomic mass is 16.2. The van der Waals surface area contributed by atoms with Crippen molar-refractivity contribution >= 4 is 5.91 Å². The Morgan fingerprint density at radius 2 is 2.15 bits per heavy atom. The summed E-state index contributed by atoms with van der Waals surface area (Å²) >= 11 is 0. The van der Waals surface area contributed by atoms with Crippen LogP contribution in [0.15, 0.2) is 36.5 Å². The lowest BCUT2D eigenvalue weighted by Crippen LogP contribution is -2.22. The van der Waals surface area contributed by atoms with Gasteiger partial charge in [0.15, 0.2) is 5.69 Å². The fourth-order valence-electron chi connectivity index (χ4n) is 1.89. The highest BCUT2D eigenvalue weighted by molar-refractivity contribution is 5.91. The molecule has 1 N–H and O–H groups in total. The first-order valence-electron chi connectivity index (χ1n) is 6.69. The quantitative estimate of drug-likeness (QED) is 0.901. The van der Waals surface area contributed by atoms with Gasteiger partial charge in [0.1, 0.15) is 0 Å². The van der Waals surface area contributed by atoms with Crippen LogP contribution in [0.5, 0.6) is 0 Å². The van der Waals surface area contributed by atoms with E-state index in [9.17, 15) is 4.79 Å². The lowest BCUT2D eigenvalue weighted by atomic mass is 10.2. The SMILES string of the molecule is CCNCc1cccc(-n2ccc(C(=O)N(C)C)n2)c1. The molecule has 0 aliphatic rings. The van der Waals surface area contributed by atoms with E-state index in [1.807, 2.05) is 18.3 Å². The molecule has 1 aromatic carbocycles. The minimum Gasteiger partial charge on any atom is -0.343 e. The van der Waals surface area contributed by atoms with Crippen molar-refractivity contribution in [2.75, 3.05) is 20.6 Å². The van der Waals surface area contributed by atoms with E-state index in [2.05, 4.69) is 29.5 Å². The smallest absolute Gasteiger partial charge is 0.273 e. The van der Waals surface area contributed by atoms with Crippen LogP contribution in [-0.2, 0) is 6.54 Å². The standard InChI is InChI=1S/C15H20N4O/c1-4-16-11-12-6-5-7-13(10-12)19-9-8-14(17-19)15(20)18(2)3/h5-10,16H,4,11H2,1-3H3. The van der Waals surface area contributed by atoms with E-state index < -0.39 is 0 Å². The molecular formula is C15H20N4O. The number of carbonyl (C=O) groups excluding carboxylic acids is 1. The third-order valence-electron chi connectivity index (χ3n) is 2.97. The predicted octanol–water partition coefficient (Wildman–Crippen LogP) is 1.68. The zero-order valence-corrected chi connectivity index (χ0v) is 12.1. The van der Waals surface area contributed by atoms with Crippen LogP contribution in [0.1, 0.15) is 23.0 Å². The molecule has 2 rings (SSSR count). The summed E-state index contributed by atoms with van der Waals surface area (Å²) in [7, 11) is 3.44. The summed E-state index contributed by atoms with van der Waals surface area (Å²) in [6.07, 6.45) is 1.81. The Balaban J connectivity index is 2.21. The number of hydrogen-bond donors (Lipinski definition) is 1.